The summed E-state index contributed by atoms with van der Waals surface area (Å²) in [6, 6.07) is 15.0. The molecule has 0 bridgehead atoms. The molecule has 2 aromatic rings. The minimum atomic E-state index is 0.683. The van der Waals surface area contributed by atoms with Gasteiger partial charge in [-0.2, -0.15) is 0 Å². The van der Waals surface area contributed by atoms with E-state index in [-0.39, 0.29) is 0 Å². The molecule has 0 spiro atoms. The molecule has 1 unspecified atom stereocenters. The molecule has 0 N–H and O–H groups in total. The third-order valence-electron chi connectivity index (χ3n) is 3.26. The largest absolute Gasteiger partial charge is 0.135 e. The van der Waals surface area contributed by atoms with Crippen LogP contribution in [0.2, 0.25) is 0 Å². The Bertz CT molecular complexity index is 587. The molecule has 3 rings (SSSR count). The Balaban J connectivity index is 1.89. The van der Waals surface area contributed by atoms with E-state index in [9.17, 15) is 0 Å². The summed E-state index contributed by atoms with van der Waals surface area (Å²) in [5, 5.41) is 0. The Morgan fingerprint density at radius 2 is 1.78 bits per heavy atom. The maximum Gasteiger partial charge on any atom is 0.0349 e. The number of hydrogen-bond donors (Lipinski definition) is 0. The molecule has 0 nitrogen and oxygen atoms in total. The van der Waals surface area contributed by atoms with Crippen LogP contribution in [0, 0.1) is 5.92 Å². The van der Waals surface area contributed by atoms with Gasteiger partial charge >= 0.3 is 0 Å². The molecule has 1 aliphatic carbocycles. The molecule has 0 aliphatic heterocycles. The van der Waals surface area contributed by atoms with Crippen molar-refractivity contribution in [3.8, 4) is 10.4 Å². The van der Waals surface area contributed by atoms with Crippen molar-refractivity contribution in [2.45, 2.75) is 13.3 Å². The first-order valence-corrected chi connectivity index (χ1v) is 7.18. The highest BCUT2D eigenvalue weighted by Gasteiger charge is 2.08. The lowest BCUT2D eigenvalue weighted by Gasteiger charge is -2.09. The first-order chi connectivity index (χ1) is 8.83. The molecule has 18 heavy (non-hydrogen) atoms. The van der Waals surface area contributed by atoms with Gasteiger partial charge in [0, 0.05) is 9.75 Å². The van der Waals surface area contributed by atoms with Crippen molar-refractivity contribution in [3.05, 3.63) is 65.6 Å². The van der Waals surface area contributed by atoms with Gasteiger partial charge in [0.2, 0.25) is 0 Å². The van der Waals surface area contributed by atoms with E-state index < -0.39 is 0 Å². The van der Waals surface area contributed by atoms with Gasteiger partial charge in [-0.15, -0.1) is 11.3 Å². The minimum absolute atomic E-state index is 0.683. The van der Waals surface area contributed by atoms with E-state index in [4.69, 9.17) is 0 Å². The van der Waals surface area contributed by atoms with Crippen LogP contribution in [0.5, 0.6) is 0 Å². The van der Waals surface area contributed by atoms with Gasteiger partial charge in [-0.3, -0.25) is 0 Å². The molecular weight excluding hydrogens is 236 g/mol. The summed E-state index contributed by atoms with van der Waals surface area (Å²) >= 11 is 1.87. The smallest absolute Gasteiger partial charge is 0.0349 e. The van der Waals surface area contributed by atoms with Gasteiger partial charge < -0.3 is 0 Å². The molecule has 1 aromatic heterocycles. The van der Waals surface area contributed by atoms with Crippen LogP contribution in [0.1, 0.15) is 18.2 Å². The molecule has 0 saturated heterocycles. The Morgan fingerprint density at radius 1 is 1.00 bits per heavy atom. The van der Waals surface area contributed by atoms with Crippen LogP contribution >= 0.6 is 11.3 Å². The molecule has 1 aromatic carbocycles. The monoisotopic (exact) mass is 252 g/mol. The van der Waals surface area contributed by atoms with E-state index in [1.807, 2.05) is 11.3 Å². The van der Waals surface area contributed by atoms with Gasteiger partial charge in [-0.1, -0.05) is 55.5 Å². The van der Waals surface area contributed by atoms with E-state index in [0.29, 0.717) is 5.92 Å². The highest BCUT2D eigenvalue weighted by molar-refractivity contribution is 7.16. The van der Waals surface area contributed by atoms with Crippen molar-refractivity contribution in [2.24, 2.45) is 5.92 Å². The second kappa shape index (κ2) is 4.95. The lowest BCUT2D eigenvalue weighted by atomic mass is 9.98. The van der Waals surface area contributed by atoms with Crippen LogP contribution in [0.25, 0.3) is 16.0 Å². The lowest BCUT2D eigenvalue weighted by molar-refractivity contribution is 0.739. The highest BCUT2D eigenvalue weighted by atomic mass is 32.1. The fraction of sp³-hybridized carbons (Fsp3) is 0.176. The van der Waals surface area contributed by atoms with E-state index >= 15 is 0 Å². The second-order valence-corrected chi connectivity index (χ2v) is 5.85. The minimum Gasteiger partial charge on any atom is -0.135 e. The maximum atomic E-state index is 2.35. The fourth-order valence-corrected chi connectivity index (χ4v) is 3.19. The predicted octanol–water partition coefficient (Wildman–Crippen LogP) is 5.39. The Labute approximate surface area is 112 Å². The maximum absolute atomic E-state index is 2.35. The van der Waals surface area contributed by atoms with Crippen molar-refractivity contribution in [2.75, 3.05) is 0 Å². The number of rotatable bonds is 2. The quantitative estimate of drug-likeness (QED) is 0.671. The van der Waals surface area contributed by atoms with Crippen molar-refractivity contribution < 1.29 is 0 Å². The van der Waals surface area contributed by atoms with Crippen LogP contribution < -0.4 is 0 Å². The number of benzene rings is 1. The first kappa shape index (κ1) is 11.5. The van der Waals surface area contributed by atoms with Gasteiger partial charge in [-0.25, -0.2) is 0 Å². The molecular formula is C17H16S. The molecule has 1 heteroatoms. The summed E-state index contributed by atoms with van der Waals surface area (Å²) < 4.78 is 0. The zero-order valence-electron chi connectivity index (χ0n) is 10.5. The van der Waals surface area contributed by atoms with Gasteiger partial charge in [0.15, 0.2) is 0 Å². The van der Waals surface area contributed by atoms with Crippen LogP contribution in [0.3, 0.4) is 0 Å². The van der Waals surface area contributed by atoms with Crippen LogP contribution in [0.4, 0.5) is 0 Å². The highest BCUT2D eigenvalue weighted by Crippen LogP contribution is 2.34. The molecule has 90 valence electrons. The zero-order chi connectivity index (χ0) is 12.4. The summed E-state index contributed by atoms with van der Waals surface area (Å²) in [6.07, 6.45) is 8.07. The SMILES string of the molecule is CC1C=CC(c2ccc(-c3ccccc3)s2)=CC1. The van der Waals surface area contributed by atoms with Crippen molar-refractivity contribution >= 4 is 16.9 Å². The molecule has 0 amide bonds. The van der Waals surface area contributed by atoms with Gasteiger partial charge in [0.05, 0.1) is 0 Å². The number of hydrogen-bond acceptors (Lipinski definition) is 1. The van der Waals surface area contributed by atoms with Gasteiger partial charge in [0.1, 0.15) is 0 Å². The normalized spacial score (nSPS) is 18.7. The van der Waals surface area contributed by atoms with Gasteiger partial charge in [0.25, 0.3) is 0 Å². The zero-order valence-corrected chi connectivity index (χ0v) is 11.3. The van der Waals surface area contributed by atoms with Gasteiger partial charge in [-0.05, 0) is 35.6 Å². The van der Waals surface area contributed by atoms with E-state index in [2.05, 4.69) is 67.6 Å². The number of thiophene rings is 1. The van der Waals surface area contributed by atoms with E-state index in [0.717, 1.165) is 6.42 Å². The molecule has 0 radical (unpaired) electrons. The Kier molecular flexibility index (Phi) is 3.16. The third-order valence-corrected chi connectivity index (χ3v) is 4.45. The Hall–Kier alpha value is -1.60. The summed E-state index contributed by atoms with van der Waals surface area (Å²) in [5.74, 6) is 0.683. The molecule has 1 atom stereocenters. The summed E-state index contributed by atoms with van der Waals surface area (Å²) in [4.78, 5) is 2.72. The van der Waals surface area contributed by atoms with E-state index in [1.165, 1.54) is 20.9 Å². The average Bonchev–Trinajstić information content (AvgIpc) is 2.90. The summed E-state index contributed by atoms with van der Waals surface area (Å²) in [7, 11) is 0. The second-order valence-electron chi connectivity index (χ2n) is 4.76. The van der Waals surface area contributed by atoms with E-state index in [1.54, 1.807) is 0 Å². The van der Waals surface area contributed by atoms with Crippen molar-refractivity contribution in [3.63, 3.8) is 0 Å². The predicted molar refractivity (Wildman–Crippen MR) is 80.7 cm³/mol. The average molecular weight is 252 g/mol. The first-order valence-electron chi connectivity index (χ1n) is 6.37. The fourth-order valence-electron chi connectivity index (χ4n) is 2.16. The molecule has 1 heterocycles. The Morgan fingerprint density at radius 3 is 2.50 bits per heavy atom. The van der Waals surface area contributed by atoms with Crippen LogP contribution in [0.15, 0.2) is 60.7 Å². The molecule has 0 fully saturated rings. The van der Waals surface area contributed by atoms with Crippen LogP contribution in [-0.2, 0) is 0 Å². The lowest BCUT2D eigenvalue weighted by Crippen LogP contribution is -1.92. The topological polar surface area (TPSA) is 0 Å². The standard InChI is InChI=1S/C17H16S/c1-13-7-9-15(10-8-13)17-12-11-16(18-17)14-5-3-2-4-6-14/h2-7,9-13H,8H2,1H3. The third kappa shape index (κ3) is 2.32. The summed E-state index contributed by atoms with van der Waals surface area (Å²) in [6.45, 7) is 2.26. The van der Waals surface area contributed by atoms with Crippen molar-refractivity contribution in [1.82, 2.24) is 0 Å². The molecule has 1 aliphatic rings. The van der Waals surface area contributed by atoms with Crippen LogP contribution in [-0.4, -0.2) is 0 Å². The molecule has 0 saturated carbocycles. The number of allylic oxidation sites excluding steroid dienone is 4. The summed E-state index contributed by atoms with van der Waals surface area (Å²) in [5.41, 5.74) is 2.68. The van der Waals surface area contributed by atoms with Crippen molar-refractivity contribution in [1.29, 1.82) is 0 Å².